The van der Waals surface area contributed by atoms with Crippen LogP contribution < -0.4 is 5.32 Å². The summed E-state index contributed by atoms with van der Waals surface area (Å²) in [6.45, 7) is 3.90. The predicted octanol–water partition coefficient (Wildman–Crippen LogP) is 4.22. The van der Waals surface area contributed by atoms with Crippen LogP contribution in [0.15, 0.2) is 24.3 Å². The van der Waals surface area contributed by atoms with Crippen molar-refractivity contribution in [3.63, 3.8) is 0 Å². The number of aliphatic hydroxyl groups is 1. The minimum Gasteiger partial charge on any atom is -0.507 e. The summed E-state index contributed by atoms with van der Waals surface area (Å²) in [6.07, 6.45) is 4.43. The number of amides is 1. The summed E-state index contributed by atoms with van der Waals surface area (Å²) in [5.74, 6) is -2.73. The highest BCUT2D eigenvalue weighted by Crippen LogP contribution is 2.36. The molecule has 2 unspecified atom stereocenters. The van der Waals surface area contributed by atoms with Crippen molar-refractivity contribution in [3.8, 4) is 17.0 Å². The predicted molar refractivity (Wildman–Crippen MR) is 125 cm³/mol. The summed E-state index contributed by atoms with van der Waals surface area (Å²) in [5, 5.41) is 32.1. The van der Waals surface area contributed by atoms with Gasteiger partial charge in [-0.3, -0.25) is 4.79 Å². The molecule has 3 atom stereocenters. The van der Waals surface area contributed by atoms with Crippen molar-refractivity contribution in [2.24, 2.45) is 5.92 Å². The number of alkyl halides is 2. The largest absolute Gasteiger partial charge is 0.507 e. The molecule has 1 aliphatic heterocycles. The third-order valence-corrected chi connectivity index (χ3v) is 6.83. The van der Waals surface area contributed by atoms with Crippen molar-refractivity contribution in [2.45, 2.75) is 70.4 Å². The number of hydrogen-bond donors (Lipinski definition) is 3. The Kier molecular flexibility index (Phi) is 7.02. The first-order valence-corrected chi connectivity index (χ1v) is 11.9. The lowest BCUT2D eigenvalue weighted by molar-refractivity contribution is -0.139. The molecule has 34 heavy (non-hydrogen) atoms. The highest BCUT2D eigenvalue weighted by molar-refractivity contribution is 5.79. The summed E-state index contributed by atoms with van der Waals surface area (Å²) in [7, 11) is 0. The Morgan fingerprint density at radius 3 is 2.65 bits per heavy atom. The zero-order valence-corrected chi connectivity index (χ0v) is 19.6. The van der Waals surface area contributed by atoms with Gasteiger partial charge in [-0.2, -0.15) is 0 Å². The molecule has 2 heterocycles. The van der Waals surface area contributed by atoms with Crippen molar-refractivity contribution < 1.29 is 23.8 Å². The molecule has 1 aromatic heterocycles. The van der Waals surface area contributed by atoms with Gasteiger partial charge in [0.15, 0.2) is 0 Å². The summed E-state index contributed by atoms with van der Waals surface area (Å²) in [5.41, 5.74) is 1.24. The highest BCUT2D eigenvalue weighted by atomic mass is 19.3. The van der Waals surface area contributed by atoms with Gasteiger partial charge in [0.05, 0.1) is 11.8 Å². The average molecular weight is 475 g/mol. The first kappa shape index (κ1) is 24.3. The highest BCUT2D eigenvalue weighted by Gasteiger charge is 2.32. The number of hydrogen-bond acceptors (Lipinski definition) is 6. The van der Waals surface area contributed by atoms with Crippen molar-refractivity contribution in [1.82, 2.24) is 15.1 Å². The van der Waals surface area contributed by atoms with E-state index in [9.17, 15) is 23.8 Å². The number of phenols is 1. The SMILES string of the molecule is Cc1cc(N[C@@H]2CCCN(C(=O)C3CCCC(O)C3)C2)nnc1-c1ccc(C(C)(F)F)cc1O. The van der Waals surface area contributed by atoms with Gasteiger partial charge in [-0.1, -0.05) is 12.5 Å². The van der Waals surface area contributed by atoms with Gasteiger partial charge in [0.1, 0.15) is 11.6 Å². The molecule has 2 aliphatic rings. The molecule has 1 amide bonds. The third-order valence-electron chi connectivity index (χ3n) is 6.83. The van der Waals surface area contributed by atoms with Crippen LogP contribution in [-0.4, -0.2) is 56.5 Å². The molecule has 4 rings (SSSR count). The first-order valence-electron chi connectivity index (χ1n) is 11.9. The Balaban J connectivity index is 1.43. The number of benzene rings is 1. The van der Waals surface area contributed by atoms with Crippen molar-refractivity contribution in [1.29, 1.82) is 0 Å². The number of carbonyl (C=O) groups is 1. The summed E-state index contributed by atoms with van der Waals surface area (Å²) < 4.78 is 27.1. The number of aliphatic hydroxyl groups excluding tert-OH is 1. The molecule has 1 saturated heterocycles. The molecule has 1 aliphatic carbocycles. The number of nitrogens with one attached hydrogen (secondary N) is 1. The van der Waals surface area contributed by atoms with Crippen molar-refractivity contribution >= 4 is 11.7 Å². The number of likely N-dealkylation sites (tertiary alicyclic amines) is 1. The smallest absolute Gasteiger partial charge is 0.270 e. The number of phenolic OH excluding ortho intramolecular Hbond substituents is 1. The maximum absolute atomic E-state index is 13.5. The van der Waals surface area contributed by atoms with Crippen LogP contribution in [0.2, 0.25) is 0 Å². The van der Waals surface area contributed by atoms with E-state index in [2.05, 4.69) is 15.5 Å². The van der Waals surface area contributed by atoms with E-state index in [1.54, 1.807) is 0 Å². The normalized spacial score (nSPS) is 23.6. The Bertz CT molecular complexity index is 1040. The zero-order valence-electron chi connectivity index (χ0n) is 19.6. The molecule has 2 aromatic rings. The maximum atomic E-state index is 13.5. The van der Waals surface area contributed by atoms with Crippen LogP contribution in [0.3, 0.4) is 0 Å². The molecule has 7 nitrogen and oxygen atoms in total. The molecule has 3 N–H and O–H groups in total. The van der Waals surface area contributed by atoms with Crippen molar-refractivity contribution in [2.75, 3.05) is 18.4 Å². The number of aryl methyl sites for hydroxylation is 1. The lowest BCUT2D eigenvalue weighted by Crippen LogP contribution is -2.48. The zero-order chi connectivity index (χ0) is 24.5. The van der Waals surface area contributed by atoms with Gasteiger partial charge in [-0.25, -0.2) is 8.78 Å². The van der Waals surface area contributed by atoms with Crippen LogP contribution in [0.25, 0.3) is 11.3 Å². The Morgan fingerprint density at radius 2 is 1.97 bits per heavy atom. The van der Waals surface area contributed by atoms with Crippen LogP contribution in [0.5, 0.6) is 5.75 Å². The van der Waals surface area contributed by atoms with E-state index in [-0.39, 0.29) is 35.3 Å². The molecule has 2 fully saturated rings. The number of aromatic hydroxyl groups is 1. The Morgan fingerprint density at radius 1 is 1.18 bits per heavy atom. The molecule has 1 aromatic carbocycles. The van der Waals surface area contributed by atoms with Gasteiger partial charge in [-0.05, 0) is 62.8 Å². The van der Waals surface area contributed by atoms with Gasteiger partial charge >= 0.3 is 0 Å². The van der Waals surface area contributed by atoms with E-state index in [4.69, 9.17) is 0 Å². The van der Waals surface area contributed by atoms with Crippen LogP contribution in [-0.2, 0) is 10.7 Å². The van der Waals surface area contributed by atoms with Crippen LogP contribution in [0, 0.1) is 12.8 Å². The van der Waals surface area contributed by atoms with E-state index in [1.807, 2.05) is 17.9 Å². The molecule has 0 spiro atoms. The van der Waals surface area contributed by atoms with Crippen LogP contribution >= 0.6 is 0 Å². The van der Waals surface area contributed by atoms with Crippen LogP contribution in [0.1, 0.15) is 56.6 Å². The molecular formula is C25H32F2N4O3. The first-order chi connectivity index (χ1) is 16.1. The molecule has 1 saturated carbocycles. The van der Waals surface area contributed by atoms with Gasteiger partial charge in [0, 0.05) is 43.1 Å². The minimum atomic E-state index is -3.05. The van der Waals surface area contributed by atoms with E-state index in [1.165, 1.54) is 12.1 Å². The standard InChI is InChI=1S/C25H32F2N4O3/c1-15-11-22(29-30-23(15)20-9-8-17(13-21(20)33)25(2,26)27)28-18-6-4-10-31(14-18)24(34)16-5-3-7-19(32)12-16/h8-9,11,13,16,18-19,32-33H,3-7,10,12,14H2,1-2H3,(H,28,29)/t16?,18-,19?/m1/s1. The minimum absolute atomic E-state index is 0.0326. The van der Waals surface area contributed by atoms with E-state index in [0.29, 0.717) is 30.0 Å². The Labute approximate surface area is 198 Å². The van der Waals surface area contributed by atoms with Gasteiger partial charge in [-0.15, -0.1) is 10.2 Å². The second-order valence-corrected chi connectivity index (χ2v) is 9.67. The van der Waals surface area contributed by atoms with Gasteiger partial charge in [0.2, 0.25) is 5.91 Å². The number of carbonyl (C=O) groups excluding carboxylic acids is 1. The van der Waals surface area contributed by atoms with E-state index in [0.717, 1.165) is 57.2 Å². The Hall–Kier alpha value is -2.81. The van der Waals surface area contributed by atoms with E-state index < -0.39 is 5.92 Å². The fourth-order valence-electron chi connectivity index (χ4n) is 4.98. The fraction of sp³-hybridized carbons (Fsp3) is 0.560. The monoisotopic (exact) mass is 474 g/mol. The number of halogens is 2. The molecule has 184 valence electrons. The molecule has 0 radical (unpaired) electrons. The number of anilines is 1. The third kappa shape index (κ3) is 5.46. The number of aromatic nitrogens is 2. The van der Waals surface area contributed by atoms with Gasteiger partial charge in [0.25, 0.3) is 5.92 Å². The van der Waals surface area contributed by atoms with Gasteiger partial charge < -0.3 is 20.4 Å². The lowest BCUT2D eigenvalue weighted by atomic mass is 9.86. The molecular weight excluding hydrogens is 442 g/mol. The summed E-state index contributed by atoms with van der Waals surface area (Å²) >= 11 is 0. The lowest BCUT2D eigenvalue weighted by Gasteiger charge is -2.37. The second-order valence-electron chi connectivity index (χ2n) is 9.67. The van der Waals surface area contributed by atoms with Crippen LogP contribution in [0.4, 0.5) is 14.6 Å². The fourth-order valence-corrected chi connectivity index (χ4v) is 4.98. The average Bonchev–Trinajstić information content (AvgIpc) is 2.79. The van der Waals surface area contributed by atoms with Crippen molar-refractivity contribution in [3.05, 3.63) is 35.4 Å². The topological polar surface area (TPSA) is 98.6 Å². The number of rotatable bonds is 5. The van der Waals surface area contributed by atoms with E-state index >= 15 is 0 Å². The summed E-state index contributed by atoms with van der Waals surface area (Å²) in [4.78, 5) is 14.8. The summed E-state index contributed by atoms with van der Waals surface area (Å²) in [6, 6.07) is 5.61. The number of nitrogens with zero attached hydrogens (tertiary/aromatic N) is 3. The second kappa shape index (κ2) is 9.82. The molecule has 0 bridgehead atoms. The molecule has 9 heteroatoms. The maximum Gasteiger partial charge on any atom is 0.270 e. The number of piperidine rings is 1. The quantitative estimate of drug-likeness (QED) is 0.600.